The van der Waals surface area contributed by atoms with Crippen LogP contribution < -0.4 is 4.74 Å². The predicted octanol–water partition coefficient (Wildman–Crippen LogP) is 5.26. The number of halogens is 4. The lowest BCUT2D eigenvalue weighted by atomic mass is 9.95. The summed E-state index contributed by atoms with van der Waals surface area (Å²) in [4.78, 5) is 18.3. The summed E-state index contributed by atoms with van der Waals surface area (Å²) in [5.41, 5.74) is 1.35. The lowest BCUT2D eigenvalue weighted by Gasteiger charge is -2.39. The highest BCUT2D eigenvalue weighted by Crippen LogP contribution is 2.35. The maximum absolute atomic E-state index is 12.4. The lowest BCUT2D eigenvalue weighted by molar-refractivity contribution is -0.274. The average Bonchev–Trinajstić information content (AvgIpc) is 2.99. The molecule has 0 aliphatic carbocycles. The quantitative estimate of drug-likeness (QED) is 0.409. The Kier molecular flexibility index (Phi) is 5.72. The molecule has 1 fully saturated rings. The first-order valence-corrected chi connectivity index (χ1v) is 10.9. The molecule has 7 nitrogen and oxygen atoms in total. The standard InChI is InChI=1S/C21H20F3IN4O3/c1-20(2,3)32-19(30)28-10-12(11-28)17-16-15(25)8-9-26-18(16)29(27-17)13-4-6-14(7-5-13)31-21(22,23)24/h4-9,12H,10-11H2,1-3H3. The summed E-state index contributed by atoms with van der Waals surface area (Å²) in [6, 6.07) is 7.32. The van der Waals surface area contributed by atoms with Crippen molar-refractivity contribution in [2.24, 2.45) is 0 Å². The van der Waals surface area contributed by atoms with Crippen molar-refractivity contribution in [1.29, 1.82) is 0 Å². The SMILES string of the molecule is CC(C)(C)OC(=O)N1CC(c2nn(-c3ccc(OC(F)(F)F)cc3)c3nccc(I)c23)C1. The van der Waals surface area contributed by atoms with Gasteiger partial charge in [0.05, 0.1) is 16.8 Å². The van der Waals surface area contributed by atoms with E-state index in [1.807, 2.05) is 26.8 Å². The first-order valence-electron chi connectivity index (χ1n) is 9.78. The number of carbonyl (C=O) groups is 1. The lowest BCUT2D eigenvalue weighted by Crippen LogP contribution is -2.50. The molecule has 1 saturated heterocycles. The van der Waals surface area contributed by atoms with Gasteiger partial charge >= 0.3 is 12.5 Å². The Bertz CT molecular complexity index is 1150. The Morgan fingerprint density at radius 1 is 1.12 bits per heavy atom. The second-order valence-electron chi connectivity index (χ2n) is 8.41. The number of benzene rings is 1. The van der Waals surface area contributed by atoms with Crippen molar-refractivity contribution in [3.8, 4) is 11.4 Å². The van der Waals surface area contributed by atoms with Crippen molar-refractivity contribution >= 4 is 39.7 Å². The van der Waals surface area contributed by atoms with Crippen LogP contribution in [0.3, 0.4) is 0 Å². The van der Waals surface area contributed by atoms with Gasteiger partial charge in [-0.2, -0.15) is 5.10 Å². The van der Waals surface area contributed by atoms with Gasteiger partial charge in [-0.1, -0.05) is 0 Å². The van der Waals surface area contributed by atoms with Crippen LogP contribution in [0.15, 0.2) is 36.5 Å². The summed E-state index contributed by atoms with van der Waals surface area (Å²) in [5, 5.41) is 5.58. The molecule has 1 aromatic carbocycles. The van der Waals surface area contributed by atoms with E-state index >= 15 is 0 Å². The molecule has 32 heavy (non-hydrogen) atoms. The maximum atomic E-state index is 12.4. The number of nitrogens with zero attached hydrogens (tertiary/aromatic N) is 4. The van der Waals surface area contributed by atoms with Gasteiger partial charge in [0.1, 0.15) is 11.4 Å². The minimum absolute atomic E-state index is 0.00294. The van der Waals surface area contributed by atoms with E-state index in [-0.39, 0.29) is 17.8 Å². The number of ether oxygens (including phenoxy) is 2. The second kappa shape index (κ2) is 8.09. The van der Waals surface area contributed by atoms with Crippen LogP contribution in [0.5, 0.6) is 5.75 Å². The molecule has 1 aliphatic rings. The second-order valence-corrected chi connectivity index (χ2v) is 9.57. The minimum atomic E-state index is -4.75. The van der Waals surface area contributed by atoms with E-state index in [2.05, 4.69) is 32.3 Å². The van der Waals surface area contributed by atoms with Crippen LogP contribution in [0.2, 0.25) is 0 Å². The average molecular weight is 560 g/mol. The molecule has 2 aromatic heterocycles. The van der Waals surface area contributed by atoms with E-state index in [0.29, 0.717) is 24.4 Å². The topological polar surface area (TPSA) is 69.5 Å². The molecule has 170 valence electrons. The van der Waals surface area contributed by atoms with Crippen LogP contribution in [-0.4, -0.2) is 50.8 Å². The third-order valence-electron chi connectivity index (χ3n) is 4.78. The van der Waals surface area contributed by atoms with E-state index in [4.69, 9.17) is 9.84 Å². The van der Waals surface area contributed by atoms with Crippen molar-refractivity contribution in [3.63, 3.8) is 0 Å². The number of aromatic nitrogens is 3. The third kappa shape index (κ3) is 4.76. The first kappa shape index (κ1) is 22.6. The Hall–Kier alpha value is -2.57. The van der Waals surface area contributed by atoms with Crippen LogP contribution in [0, 0.1) is 3.57 Å². The molecule has 0 atom stereocenters. The molecule has 0 N–H and O–H groups in total. The highest BCUT2D eigenvalue weighted by molar-refractivity contribution is 14.1. The number of carbonyl (C=O) groups excluding carboxylic acids is 1. The van der Waals surface area contributed by atoms with E-state index < -0.39 is 12.0 Å². The van der Waals surface area contributed by atoms with Gasteiger partial charge in [-0.15, -0.1) is 13.2 Å². The summed E-state index contributed by atoms with van der Waals surface area (Å²) in [7, 11) is 0. The number of hydrogen-bond acceptors (Lipinski definition) is 5. The molecular weight excluding hydrogens is 540 g/mol. The highest BCUT2D eigenvalue weighted by atomic mass is 127. The smallest absolute Gasteiger partial charge is 0.444 e. The van der Waals surface area contributed by atoms with Gasteiger partial charge in [0.2, 0.25) is 0 Å². The zero-order valence-corrected chi connectivity index (χ0v) is 19.6. The van der Waals surface area contributed by atoms with Crippen molar-refractivity contribution in [3.05, 3.63) is 45.8 Å². The van der Waals surface area contributed by atoms with Gasteiger partial charge in [-0.25, -0.2) is 14.5 Å². The largest absolute Gasteiger partial charge is 0.573 e. The fraction of sp³-hybridized carbons (Fsp3) is 0.381. The molecule has 11 heteroatoms. The summed E-state index contributed by atoms with van der Waals surface area (Å²) in [6.45, 7) is 6.37. The highest BCUT2D eigenvalue weighted by Gasteiger charge is 2.38. The van der Waals surface area contributed by atoms with E-state index in [1.165, 1.54) is 24.3 Å². The first-order chi connectivity index (χ1) is 14.9. The molecular formula is C21H20F3IN4O3. The number of fused-ring (bicyclic) bond motifs is 1. The summed E-state index contributed by atoms with van der Waals surface area (Å²) in [5.74, 6) is -0.315. The molecule has 0 saturated carbocycles. The van der Waals surface area contributed by atoms with Crippen molar-refractivity contribution in [2.45, 2.75) is 38.7 Å². The fourth-order valence-corrected chi connectivity index (χ4v) is 4.09. The zero-order valence-electron chi connectivity index (χ0n) is 17.5. The summed E-state index contributed by atoms with van der Waals surface area (Å²) >= 11 is 2.20. The number of hydrogen-bond donors (Lipinski definition) is 0. The van der Waals surface area contributed by atoms with Gasteiger partial charge in [0.15, 0.2) is 5.65 Å². The molecule has 4 rings (SSSR count). The van der Waals surface area contributed by atoms with E-state index in [0.717, 1.165) is 14.7 Å². The number of rotatable bonds is 3. The van der Waals surface area contributed by atoms with Gasteiger partial charge in [-0.3, -0.25) is 0 Å². The Morgan fingerprint density at radius 2 is 1.78 bits per heavy atom. The van der Waals surface area contributed by atoms with Crippen molar-refractivity contribution < 1.29 is 27.4 Å². The molecule has 0 radical (unpaired) electrons. The predicted molar refractivity (Wildman–Crippen MR) is 119 cm³/mol. The maximum Gasteiger partial charge on any atom is 0.573 e. The van der Waals surface area contributed by atoms with Crippen LogP contribution in [0.1, 0.15) is 32.4 Å². The van der Waals surface area contributed by atoms with E-state index in [9.17, 15) is 18.0 Å². The normalized spacial score (nSPS) is 15.0. The van der Waals surface area contributed by atoms with Gasteiger partial charge in [0, 0.05) is 28.8 Å². The molecule has 0 unspecified atom stereocenters. The van der Waals surface area contributed by atoms with E-state index in [1.54, 1.807) is 15.8 Å². The monoisotopic (exact) mass is 560 g/mol. The number of amides is 1. The Labute approximate surface area is 195 Å². The van der Waals surface area contributed by atoms with Gasteiger partial charge in [-0.05, 0) is 73.7 Å². The summed E-state index contributed by atoms with van der Waals surface area (Å²) < 4.78 is 49.2. The molecule has 1 aliphatic heterocycles. The van der Waals surface area contributed by atoms with Crippen LogP contribution >= 0.6 is 22.6 Å². The van der Waals surface area contributed by atoms with Gasteiger partial charge < -0.3 is 14.4 Å². The summed E-state index contributed by atoms with van der Waals surface area (Å²) in [6.07, 6.45) is -3.47. The molecule has 0 spiro atoms. The fourth-order valence-electron chi connectivity index (χ4n) is 3.41. The minimum Gasteiger partial charge on any atom is -0.444 e. The number of pyridine rings is 1. The van der Waals surface area contributed by atoms with Crippen LogP contribution in [-0.2, 0) is 4.74 Å². The van der Waals surface area contributed by atoms with Crippen LogP contribution in [0.25, 0.3) is 16.7 Å². The van der Waals surface area contributed by atoms with Crippen molar-refractivity contribution in [1.82, 2.24) is 19.7 Å². The molecule has 1 amide bonds. The van der Waals surface area contributed by atoms with Gasteiger partial charge in [0.25, 0.3) is 0 Å². The van der Waals surface area contributed by atoms with Crippen molar-refractivity contribution in [2.75, 3.05) is 13.1 Å². The number of likely N-dealkylation sites (tertiary alicyclic amines) is 1. The molecule has 0 bridgehead atoms. The Balaban J connectivity index is 1.62. The molecule has 3 aromatic rings. The Morgan fingerprint density at radius 3 is 2.38 bits per heavy atom. The van der Waals surface area contributed by atoms with Crippen LogP contribution in [0.4, 0.5) is 18.0 Å². The third-order valence-corrected chi connectivity index (χ3v) is 5.68. The zero-order chi connectivity index (χ0) is 23.3. The molecule has 3 heterocycles. The number of alkyl halides is 3.